The first kappa shape index (κ1) is 16.1. The molecule has 5 rings (SSSR count). The maximum Gasteiger partial charge on any atom is 0.223 e. The van der Waals surface area contributed by atoms with Crippen LogP contribution >= 0.6 is 0 Å². The van der Waals surface area contributed by atoms with Gasteiger partial charge in [0.1, 0.15) is 0 Å². The van der Waals surface area contributed by atoms with Crippen molar-refractivity contribution in [3.05, 3.63) is 35.9 Å². The average Bonchev–Trinajstić information content (AvgIpc) is 2.53. The predicted molar refractivity (Wildman–Crippen MR) is 94.2 cm³/mol. The molecule has 3 heteroatoms. The van der Waals surface area contributed by atoms with Crippen molar-refractivity contribution in [3.8, 4) is 0 Å². The van der Waals surface area contributed by atoms with E-state index < -0.39 is 0 Å². The number of hydrogen-bond acceptors (Lipinski definition) is 2. The molecule has 4 bridgehead atoms. The monoisotopic (exact) mass is 327 g/mol. The van der Waals surface area contributed by atoms with Crippen molar-refractivity contribution >= 4 is 5.91 Å². The Balaban J connectivity index is 1.45. The number of aliphatic hydroxyl groups is 1. The Morgan fingerprint density at radius 3 is 2.17 bits per heavy atom. The van der Waals surface area contributed by atoms with Gasteiger partial charge in [-0.15, -0.1) is 0 Å². The summed E-state index contributed by atoms with van der Waals surface area (Å²) >= 11 is 0. The van der Waals surface area contributed by atoms with Gasteiger partial charge >= 0.3 is 0 Å². The van der Waals surface area contributed by atoms with E-state index in [0.717, 1.165) is 23.3 Å². The van der Waals surface area contributed by atoms with Gasteiger partial charge in [0, 0.05) is 19.5 Å². The molecule has 0 radical (unpaired) electrons. The molecule has 0 spiro atoms. The zero-order valence-electron chi connectivity index (χ0n) is 14.5. The van der Waals surface area contributed by atoms with Crippen LogP contribution in [0.2, 0.25) is 0 Å². The molecule has 0 heterocycles. The summed E-state index contributed by atoms with van der Waals surface area (Å²) in [4.78, 5) is 14.9. The fourth-order valence-electron chi connectivity index (χ4n) is 6.16. The van der Waals surface area contributed by atoms with Crippen LogP contribution in [0.25, 0.3) is 0 Å². The van der Waals surface area contributed by atoms with E-state index in [0.29, 0.717) is 19.5 Å². The summed E-state index contributed by atoms with van der Waals surface area (Å²) in [5.74, 6) is 2.88. The third-order valence-corrected chi connectivity index (χ3v) is 6.63. The van der Waals surface area contributed by atoms with Gasteiger partial charge < -0.3 is 10.0 Å². The molecule has 130 valence electrons. The predicted octanol–water partition coefficient (Wildman–Crippen LogP) is 3.61. The highest BCUT2D eigenvalue weighted by atomic mass is 16.3. The van der Waals surface area contributed by atoms with Crippen LogP contribution in [0.4, 0.5) is 0 Å². The van der Waals surface area contributed by atoms with E-state index in [4.69, 9.17) is 0 Å². The summed E-state index contributed by atoms with van der Waals surface area (Å²) in [6.07, 6.45) is 8.74. The van der Waals surface area contributed by atoms with Crippen LogP contribution in [0.5, 0.6) is 0 Å². The van der Waals surface area contributed by atoms with E-state index in [9.17, 15) is 9.90 Å². The Morgan fingerprint density at radius 2 is 1.62 bits per heavy atom. The summed E-state index contributed by atoms with van der Waals surface area (Å²) in [7, 11) is 0. The van der Waals surface area contributed by atoms with Crippen LogP contribution in [-0.2, 0) is 11.3 Å². The Hall–Kier alpha value is -1.35. The second kappa shape index (κ2) is 6.51. The molecule has 4 saturated carbocycles. The number of rotatable bonds is 6. The molecule has 4 fully saturated rings. The molecule has 1 N–H and O–H groups in total. The first-order chi connectivity index (χ1) is 11.7. The fourth-order valence-corrected chi connectivity index (χ4v) is 6.16. The lowest BCUT2D eigenvalue weighted by Gasteiger charge is -2.57. The number of hydrogen-bond donors (Lipinski definition) is 1. The quantitative estimate of drug-likeness (QED) is 0.867. The normalized spacial score (nSPS) is 33.6. The van der Waals surface area contributed by atoms with E-state index in [1.807, 2.05) is 23.1 Å². The molecule has 3 nitrogen and oxygen atoms in total. The lowest BCUT2D eigenvalue weighted by atomic mass is 9.49. The number of aliphatic hydroxyl groups excluding tert-OH is 1. The van der Waals surface area contributed by atoms with Gasteiger partial charge in [0.2, 0.25) is 5.91 Å². The SMILES string of the molecule is O=C(CC12CC3CC(CC(C3)C1)C2)N(CCO)Cc1ccccc1. The summed E-state index contributed by atoms with van der Waals surface area (Å²) < 4.78 is 0. The summed E-state index contributed by atoms with van der Waals surface area (Å²) in [6, 6.07) is 10.1. The molecule has 1 aromatic rings. The minimum absolute atomic E-state index is 0.0411. The second-order valence-electron chi connectivity index (χ2n) is 8.62. The van der Waals surface area contributed by atoms with Crippen molar-refractivity contribution in [3.63, 3.8) is 0 Å². The lowest BCUT2D eigenvalue weighted by Crippen LogP contribution is -2.48. The highest BCUT2D eigenvalue weighted by molar-refractivity contribution is 5.77. The smallest absolute Gasteiger partial charge is 0.223 e. The average molecular weight is 327 g/mol. The number of benzene rings is 1. The second-order valence-corrected chi connectivity index (χ2v) is 8.62. The zero-order valence-corrected chi connectivity index (χ0v) is 14.5. The molecule has 4 aliphatic carbocycles. The van der Waals surface area contributed by atoms with Gasteiger partial charge in [0.25, 0.3) is 0 Å². The molecule has 4 aliphatic rings. The van der Waals surface area contributed by atoms with Crippen LogP contribution in [0, 0.1) is 23.2 Å². The van der Waals surface area contributed by atoms with Crippen molar-refractivity contribution in [2.75, 3.05) is 13.2 Å². The molecule has 0 saturated heterocycles. The van der Waals surface area contributed by atoms with Crippen LogP contribution in [-0.4, -0.2) is 29.1 Å². The van der Waals surface area contributed by atoms with Gasteiger partial charge in [0.15, 0.2) is 0 Å². The Morgan fingerprint density at radius 1 is 1.04 bits per heavy atom. The van der Waals surface area contributed by atoms with Crippen molar-refractivity contribution in [2.24, 2.45) is 23.2 Å². The maximum absolute atomic E-state index is 13.0. The number of nitrogens with zero attached hydrogens (tertiary/aromatic N) is 1. The van der Waals surface area contributed by atoms with Gasteiger partial charge in [-0.3, -0.25) is 4.79 Å². The third-order valence-electron chi connectivity index (χ3n) is 6.63. The van der Waals surface area contributed by atoms with Gasteiger partial charge in [-0.2, -0.15) is 0 Å². The van der Waals surface area contributed by atoms with E-state index in [-0.39, 0.29) is 17.9 Å². The minimum atomic E-state index is 0.0411. The van der Waals surface area contributed by atoms with Crippen molar-refractivity contribution in [1.82, 2.24) is 4.90 Å². The highest BCUT2D eigenvalue weighted by Gasteiger charge is 2.51. The van der Waals surface area contributed by atoms with E-state index >= 15 is 0 Å². The lowest BCUT2D eigenvalue weighted by molar-refractivity contribution is -0.140. The Labute approximate surface area is 145 Å². The number of carbonyl (C=O) groups excluding carboxylic acids is 1. The van der Waals surface area contributed by atoms with Gasteiger partial charge in [0.05, 0.1) is 6.61 Å². The standard InChI is InChI=1S/C21H29NO2/c23-7-6-22(15-16-4-2-1-3-5-16)20(24)14-21-11-17-8-18(12-21)10-19(9-17)13-21/h1-5,17-19,23H,6-15H2. The van der Waals surface area contributed by atoms with Crippen molar-refractivity contribution in [2.45, 2.75) is 51.5 Å². The highest BCUT2D eigenvalue weighted by Crippen LogP contribution is 2.61. The number of amides is 1. The molecule has 0 unspecified atom stereocenters. The first-order valence-electron chi connectivity index (χ1n) is 9.58. The van der Waals surface area contributed by atoms with Crippen molar-refractivity contribution in [1.29, 1.82) is 0 Å². The molecule has 0 atom stereocenters. The first-order valence-corrected chi connectivity index (χ1v) is 9.58. The van der Waals surface area contributed by atoms with E-state index in [1.165, 1.54) is 38.5 Å². The molecule has 0 aromatic heterocycles. The number of carbonyl (C=O) groups is 1. The molecule has 24 heavy (non-hydrogen) atoms. The van der Waals surface area contributed by atoms with Crippen LogP contribution < -0.4 is 0 Å². The van der Waals surface area contributed by atoms with Crippen molar-refractivity contribution < 1.29 is 9.90 Å². The molecular formula is C21H29NO2. The van der Waals surface area contributed by atoms with E-state index in [1.54, 1.807) is 0 Å². The van der Waals surface area contributed by atoms with Crippen LogP contribution in [0.15, 0.2) is 30.3 Å². The Bertz CT molecular complexity index is 547. The van der Waals surface area contributed by atoms with Gasteiger partial charge in [-0.1, -0.05) is 30.3 Å². The molecular weight excluding hydrogens is 298 g/mol. The summed E-state index contributed by atoms with van der Waals surface area (Å²) in [5, 5.41) is 9.40. The van der Waals surface area contributed by atoms with Gasteiger partial charge in [-0.05, 0) is 67.3 Å². The maximum atomic E-state index is 13.0. The molecule has 0 aliphatic heterocycles. The van der Waals surface area contributed by atoms with Crippen LogP contribution in [0.3, 0.4) is 0 Å². The largest absolute Gasteiger partial charge is 0.395 e. The zero-order chi connectivity index (χ0) is 16.6. The topological polar surface area (TPSA) is 40.5 Å². The Kier molecular flexibility index (Phi) is 4.38. The third kappa shape index (κ3) is 3.23. The summed E-state index contributed by atoms with van der Waals surface area (Å²) in [5.41, 5.74) is 1.42. The summed E-state index contributed by atoms with van der Waals surface area (Å²) in [6.45, 7) is 1.10. The van der Waals surface area contributed by atoms with Gasteiger partial charge in [-0.25, -0.2) is 0 Å². The minimum Gasteiger partial charge on any atom is -0.395 e. The van der Waals surface area contributed by atoms with E-state index in [2.05, 4.69) is 12.1 Å². The fraction of sp³-hybridized carbons (Fsp3) is 0.667. The van der Waals surface area contributed by atoms with Crippen LogP contribution in [0.1, 0.15) is 50.5 Å². The molecule has 1 aromatic carbocycles. The molecule has 1 amide bonds.